The molecule has 0 N–H and O–H groups in total. The Bertz CT molecular complexity index is 1420. The normalized spacial score (nSPS) is 16.9. The maximum Gasteiger partial charge on any atom is 0.338 e. The van der Waals surface area contributed by atoms with Crippen LogP contribution in [0.2, 0.25) is 0 Å². The molecule has 0 saturated heterocycles. The van der Waals surface area contributed by atoms with Gasteiger partial charge in [-0.05, 0) is 96.0 Å². The van der Waals surface area contributed by atoms with Crippen molar-refractivity contribution in [2.24, 2.45) is 5.92 Å². The lowest BCUT2D eigenvalue weighted by atomic mass is 10.0. The van der Waals surface area contributed by atoms with Crippen molar-refractivity contribution in [3.63, 3.8) is 0 Å². The van der Waals surface area contributed by atoms with E-state index in [-0.39, 0.29) is 31.1 Å². The maximum atomic E-state index is 12.6. The summed E-state index contributed by atoms with van der Waals surface area (Å²) in [7, 11) is 0. The number of carbonyl (C=O) groups is 2. The smallest absolute Gasteiger partial charge is 0.338 e. The average Bonchev–Trinajstić information content (AvgIpc) is 3.02. The number of benzene rings is 4. The van der Waals surface area contributed by atoms with Gasteiger partial charge in [0.1, 0.15) is 11.5 Å². The minimum absolute atomic E-state index is 0.0430. The molecule has 0 unspecified atom stereocenters. The second-order valence-corrected chi connectivity index (χ2v) is 10.2. The highest BCUT2D eigenvalue weighted by atomic mass is 16.5. The van der Waals surface area contributed by atoms with Gasteiger partial charge in [-0.25, -0.2) is 9.59 Å². The van der Waals surface area contributed by atoms with Crippen molar-refractivity contribution in [1.29, 1.82) is 0 Å². The monoisotopic (exact) mass is 550 g/mol. The highest BCUT2D eigenvalue weighted by molar-refractivity contribution is 5.90. The summed E-state index contributed by atoms with van der Waals surface area (Å²) < 4.78 is 22.8. The summed E-state index contributed by atoms with van der Waals surface area (Å²) in [6.45, 7) is 3.68. The summed E-state index contributed by atoms with van der Waals surface area (Å²) in [5, 5.41) is 0. The van der Waals surface area contributed by atoms with Gasteiger partial charge in [0, 0.05) is 0 Å². The molecule has 0 spiro atoms. The van der Waals surface area contributed by atoms with E-state index in [0.29, 0.717) is 30.8 Å². The number of esters is 2. The zero-order valence-corrected chi connectivity index (χ0v) is 23.2. The molecule has 0 aromatic heterocycles. The maximum absolute atomic E-state index is 12.6. The third-order valence-corrected chi connectivity index (χ3v) is 7.04. The first-order chi connectivity index (χ1) is 20.0. The Morgan fingerprint density at radius 2 is 0.829 bits per heavy atom. The summed E-state index contributed by atoms with van der Waals surface area (Å²) in [5.41, 5.74) is 5.07. The molecule has 7 aliphatic rings. The predicted molar refractivity (Wildman–Crippen MR) is 158 cm³/mol. The highest BCUT2D eigenvalue weighted by Crippen LogP contribution is 2.25. The predicted octanol–water partition coefficient (Wildman–Crippen LogP) is 7.61. The minimum Gasteiger partial charge on any atom is -0.494 e. The first-order valence-electron chi connectivity index (χ1n) is 14.1. The van der Waals surface area contributed by atoms with Crippen LogP contribution >= 0.6 is 0 Å². The summed E-state index contributed by atoms with van der Waals surface area (Å²) >= 11 is 0. The van der Waals surface area contributed by atoms with Crippen LogP contribution in [-0.2, 0) is 9.47 Å². The van der Waals surface area contributed by atoms with Crippen LogP contribution in [0.25, 0.3) is 22.3 Å². The second kappa shape index (κ2) is 13.7. The summed E-state index contributed by atoms with van der Waals surface area (Å²) in [6, 6.07) is 30.6. The van der Waals surface area contributed by atoms with E-state index in [4.69, 9.17) is 18.9 Å². The topological polar surface area (TPSA) is 71.1 Å². The zero-order valence-electron chi connectivity index (χ0n) is 23.2. The molecular formula is C35H34O6. The van der Waals surface area contributed by atoms with Crippen molar-refractivity contribution in [2.45, 2.75) is 26.2 Å². The van der Waals surface area contributed by atoms with E-state index in [2.05, 4.69) is 0 Å². The van der Waals surface area contributed by atoms with Gasteiger partial charge in [0.2, 0.25) is 0 Å². The molecule has 210 valence electrons. The highest BCUT2D eigenvalue weighted by Gasteiger charge is 2.13. The molecule has 6 nitrogen and oxygen atoms in total. The van der Waals surface area contributed by atoms with Gasteiger partial charge in [0.25, 0.3) is 0 Å². The molecule has 7 heterocycles. The van der Waals surface area contributed by atoms with Crippen molar-refractivity contribution >= 4 is 11.9 Å². The Balaban J connectivity index is 1.25. The third-order valence-electron chi connectivity index (χ3n) is 7.04. The minimum atomic E-state index is -0.371. The number of hydrogen-bond acceptors (Lipinski definition) is 6. The number of rotatable bonds is 0. The van der Waals surface area contributed by atoms with E-state index in [9.17, 15) is 9.59 Å². The van der Waals surface area contributed by atoms with E-state index < -0.39 is 0 Å². The van der Waals surface area contributed by atoms with Gasteiger partial charge in [-0.15, -0.1) is 0 Å². The van der Waals surface area contributed by atoms with Crippen LogP contribution in [0.3, 0.4) is 0 Å². The third kappa shape index (κ3) is 7.76. The fourth-order valence-electron chi connectivity index (χ4n) is 4.49. The lowest BCUT2D eigenvalue weighted by molar-refractivity contribution is 0.0367. The second-order valence-electron chi connectivity index (χ2n) is 10.2. The van der Waals surface area contributed by atoms with E-state index in [1.54, 1.807) is 24.3 Å². The van der Waals surface area contributed by atoms with Crippen LogP contribution < -0.4 is 9.47 Å². The van der Waals surface area contributed by atoms with Crippen LogP contribution in [0.5, 0.6) is 11.5 Å². The van der Waals surface area contributed by atoms with Gasteiger partial charge < -0.3 is 18.9 Å². The molecule has 0 amide bonds. The van der Waals surface area contributed by atoms with E-state index in [1.807, 2.05) is 79.7 Å². The van der Waals surface area contributed by atoms with E-state index in [0.717, 1.165) is 46.6 Å². The van der Waals surface area contributed by atoms with Crippen molar-refractivity contribution in [2.75, 3.05) is 26.4 Å². The molecule has 41 heavy (non-hydrogen) atoms. The van der Waals surface area contributed by atoms with Gasteiger partial charge in [-0.1, -0.05) is 55.5 Å². The van der Waals surface area contributed by atoms with E-state index >= 15 is 0 Å². The van der Waals surface area contributed by atoms with Crippen molar-refractivity contribution < 1.29 is 28.5 Å². The molecule has 7 aliphatic heterocycles. The molecule has 0 fully saturated rings. The Morgan fingerprint density at radius 3 is 1.27 bits per heavy atom. The number of hydrogen-bond donors (Lipinski definition) is 0. The van der Waals surface area contributed by atoms with Crippen molar-refractivity contribution in [3.05, 3.63) is 108 Å². The Morgan fingerprint density at radius 1 is 0.463 bits per heavy atom. The average molecular weight is 551 g/mol. The fraction of sp³-hybridized carbons (Fsp3) is 0.257. The Hall–Kier alpha value is -4.58. The van der Waals surface area contributed by atoms with Crippen molar-refractivity contribution in [3.8, 4) is 33.8 Å². The van der Waals surface area contributed by atoms with Gasteiger partial charge in [-0.2, -0.15) is 0 Å². The summed E-state index contributed by atoms with van der Waals surface area (Å²) in [4.78, 5) is 25.1. The molecule has 4 aromatic rings. The lowest BCUT2D eigenvalue weighted by Gasteiger charge is -2.13. The Labute approximate surface area is 240 Å². The molecule has 8 bridgehead atoms. The van der Waals surface area contributed by atoms with Gasteiger partial charge in [0.15, 0.2) is 0 Å². The SMILES string of the molecule is C[C@@H]1CCOC(=O)c2ccc(cc2)-c2ccc(cc2)OCCCCOc2ccc(cc2)-c2ccc(cc2)C(=O)OC1. The molecule has 4 aromatic carbocycles. The molecule has 11 rings (SSSR count). The van der Waals surface area contributed by atoms with Crippen LogP contribution in [0.1, 0.15) is 46.9 Å². The first kappa shape index (κ1) is 28.0. The zero-order chi connectivity index (χ0) is 28.4. The summed E-state index contributed by atoms with van der Waals surface area (Å²) in [5.74, 6) is 0.943. The van der Waals surface area contributed by atoms with Crippen LogP contribution in [-0.4, -0.2) is 38.4 Å². The quantitative estimate of drug-likeness (QED) is 0.210. The molecular weight excluding hydrogens is 516 g/mol. The largest absolute Gasteiger partial charge is 0.494 e. The Kier molecular flexibility index (Phi) is 9.32. The van der Waals surface area contributed by atoms with Gasteiger partial charge in [0.05, 0.1) is 37.6 Å². The molecule has 0 saturated carbocycles. The molecule has 0 radical (unpaired) electrons. The standard InChI is InChI=1S/C35H34O6/c1-25-20-23-40-34(36)30-8-4-26(5-9-30)28-12-16-32(17-13-28)38-21-2-3-22-39-33-18-14-29(15-19-33)27-6-10-31(11-7-27)35(37)41-24-25/h4-19,25H,2-3,20-24H2,1H3/t25-/m1/s1. The fourth-order valence-corrected chi connectivity index (χ4v) is 4.49. The van der Waals surface area contributed by atoms with E-state index in [1.165, 1.54) is 0 Å². The van der Waals surface area contributed by atoms with Crippen LogP contribution in [0, 0.1) is 5.92 Å². The first-order valence-corrected chi connectivity index (χ1v) is 14.1. The number of ether oxygens (including phenoxy) is 4. The number of carbonyl (C=O) groups excluding carboxylic acids is 2. The van der Waals surface area contributed by atoms with Crippen molar-refractivity contribution in [1.82, 2.24) is 0 Å². The summed E-state index contributed by atoms with van der Waals surface area (Å²) in [6.07, 6.45) is 2.35. The van der Waals surface area contributed by atoms with Gasteiger partial charge in [-0.3, -0.25) is 0 Å². The molecule has 6 heteroatoms. The van der Waals surface area contributed by atoms with Crippen LogP contribution in [0.15, 0.2) is 97.1 Å². The van der Waals surface area contributed by atoms with Crippen LogP contribution in [0.4, 0.5) is 0 Å². The molecule has 1 atom stereocenters. The lowest BCUT2D eigenvalue weighted by Crippen LogP contribution is -2.15. The van der Waals surface area contributed by atoms with Gasteiger partial charge >= 0.3 is 11.9 Å². The molecule has 0 aliphatic carbocycles.